The van der Waals surface area contributed by atoms with Gasteiger partial charge in [0.15, 0.2) is 0 Å². The molecule has 0 saturated heterocycles. The van der Waals surface area contributed by atoms with Crippen LogP contribution in [-0.4, -0.2) is 47.9 Å². The Morgan fingerprint density at radius 2 is 1.95 bits per heavy atom. The summed E-state index contributed by atoms with van der Waals surface area (Å²) < 4.78 is 0. The predicted octanol–water partition coefficient (Wildman–Crippen LogP) is 0.781. The molecule has 0 aromatic carbocycles. The zero-order chi connectivity index (χ0) is 14.8. The monoisotopic (exact) mass is 270 g/mol. The van der Waals surface area contributed by atoms with E-state index in [1.54, 1.807) is 20.2 Å². The molecule has 0 aliphatic carbocycles. The summed E-state index contributed by atoms with van der Waals surface area (Å²) in [5.41, 5.74) is 0. The summed E-state index contributed by atoms with van der Waals surface area (Å²) in [5, 5.41) is 11.4. The van der Waals surface area contributed by atoms with Crippen molar-refractivity contribution in [2.24, 2.45) is 0 Å². The zero-order valence-corrected chi connectivity index (χ0v) is 11.5. The summed E-state index contributed by atoms with van der Waals surface area (Å²) in [6, 6.07) is -0.893. The molecule has 1 atom stereocenters. The highest BCUT2D eigenvalue weighted by Gasteiger charge is 2.18. The van der Waals surface area contributed by atoms with Gasteiger partial charge in [0.25, 0.3) is 0 Å². The number of nitrogens with one attached hydrogen (secondary N) is 1. The van der Waals surface area contributed by atoms with Crippen molar-refractivity contribution in [1.29, 1.82) is 0 Å². The fraction of sp³-hybridized carbons (Fsp3) is 0.615. The molecule has 0 bridgehead atoms. The third-order valence-electron chi connectivity index (χ3n) is 2.59. The summed E-state index contributed by atoms with van der Waals surface area (Å²) in [7, 11) is 3.30. The van der Waals surface area contributed by atoms with E-state index >= 15 is 0 Å². The van der Waals surface area contributed by atoms with Gasteiger partial charge in [0, 0.05) is 26.9 Å². The smallest absolute Gasteiger partial charge is 0.326 e. The summed E-state index contributed by atoms with van der Waals surface area (Å²) in [6.07, 6.45) is 3.30. The number of carbonyl (C=O) groups excluding carboxylic acids is 2. The van der Waals surface area contributed by atoms with E-state index in [4.69, 9.17) is 5.11 Å². The van der Waals surface area contributed by atoms with Crippen LogP contribution in [0.5, 0.6) is 0 Å². The molecular formula is C13H22N2O4. The number of carboxylic acids is 1. The van der Waals surface area contributed by atoms with Crippen molar-refractivity contribution in [2.45, 2.75) is 38.1 Å². The van der Waals surface area contributed by atoms with E-state index in [2.05, 4.69) is 11.9 Å². The number of hydrogen-bond donors (Lipinski definition) is 2. The number of amides is 2. The topological polar surface area (TPSA) is 86.7 Å². The highest BCUT2D eigenvalue weighted by molar-refractivity contribution is 5.84. The maximum atomic E-state index is 11.5. The van der Waals surface area contributed by atoms with Crippen LogP contribution in [0.1, 0.15) is 32.1 Å². The summed E-state index contributed by atoms with van der Waals surface area (Å²) >= 11 is 0. The van der Waals surface area contributed by atoms with Gasteiger partial charge in [0.2, 0.25) is 11.8 Å². The maximum absolute atomic E-state index is 11.5. The summed E-state index contributed by atoms with van der Waals surface area (Å²) in [6.45, 7) is 3.51. The molecule has 2 N–H and O–H groups in total. The third kappa shape index (κ3) is 7.96. The Hall–Kier alpha value is -1.85. The molecule has 0 aliphatic rings. The van der Waals surface area contributed by atoms with Crippen LogP contribution < -0.4 is 5.32 Å². The Balaban J connectivity index is 4.03. The molecule has 0 heterocycles. The fourth-order valence-corrected chi connectivity index (χ4v) is 1.43. The van der Waals surface area contributed by atoms with Crippen LogP contribution in [0.15, 0.2) is 12.7 Å². The standard InChI is InChI=1S/C13H22N2O4/c1-4-5-7-10(13(18)19)14-11(16)8-6-9-12(17)15(2)3/h4,10H,1,5-9H2,2-3H3,(H,14,16)(H,18,19). The lowest BCUT2D eigenvalue weighted by molar-refractivity contribution is -0.142. The molecule has 108 valence electrons. The van der Waals surface area contributed by atoms with Crippen molar-refractivity contribution < 1.29 is 19.5 Å². The molecule has 0 aromatic heterocycles. The Morgan fingerprint density at radius 1 is 1.32 bits per heavy atom. The number of carbonyl (C=O) groups is 3. The number of carboxylic acid groups (broad SMARTS) is 1. The van der Waals surface area contributed by atoms with E-state index in [1.165, 1.54) is 4.90 Å². The molecule has 1 unspecified atom stereocenters. The van der Waals surface area contributed by atoms with Gasteiger partial charge in [-0.1, -0.05) is 6.08 Å². The molecule has 19 heavy (non-hydrogen) atoms. The zero-order valence-electron chi connectivity index (χ0n) is 11.5. The van der Waals surface area contributed by atoms with Crippen LogP contribution in [-0.2, 0) is 14.4 Å². The Labute approximate surface area is 113 Å². The normalized spacial score (nSPS) is 11.5. The van der Waals surface area contributed by atoms with Crippen LogP contribution in [0, 0.1) is 0 Å². The first-order chi connectivity index (χ1) is 8.88. The van der Waals surface area contributed by atoms with Gasteiger partial charge in [-0.3, -0.25) is 9.59 Å². The van der Waals surface area contributed by atoms with Crippen molar-refractivity contribution in [3.63, 3.8) is 0 Å². The minimum absolute atomic E-state index is 0.0470. The second-order valence-electron chi connectivity index (χ2n) is 4.47. The molecule has 6 heteroatoms. The minimum atomic E-state index is -1.06. The third-order valence-corrected chi connectivity index (χ3v) is 2.59. The van der Waals surface area contributed by atoms with E-state index in [-0.39, 0.29) is 24.7 Å². The van der Waals surface area contributed by atoms with Gasteiger partial charge in [-0.05, 0) is 19.3 Å². The number of nitrogens with zero attached hydrogens (tertiary/aromatic N) is 1. The first kappa shape index (κ1) is 17.2. The van der Waals surface area contributed by atoms with Gasteiger partial charge in [-0.25, -0.2) is 4.79 Å². The average molecular weight is 270 g/mol. The Kier molecular flexibility index (Phi) is 8.24. The van der Waals surface area contributed by atoms with Crippen LogP contribution >= 0.6 is 0 Å². The molecule has 6 nitrogen and oxygen atoms in total. The molecule has 0 fully saturated rings. The van der Waals surface area contributed by atoms with E-state index in [0.717, 1.165) is 0 Å². The van der Waals surface area contributed by atoms with Crippen LogP contribution in [0.2, 0.25) is 0 Å². The lowest BCUT2D eigenvalue weighted by Crippen LogP contribution is -2.40. The van der Waals surface area contributed by atoms with Crippen molar-refractivity contribution >= 4 is 17.8 Å². The quantitative estimate of drug-likeness (QED) is 0.606. The van der Waals surface area contributed by atoms with Gasteiger partial charge in [-0.2, -0.15) is 0 Å². The van der Waals surface area contributed by atoms with E-state index in [9.17, 15) is 14.4 Å². The lowest BCUT2D eigenvalue weighted by Gasteiger charge is -2.14. The average Bonchev–Trinajstić information content (AvgIpc) is 2.33. The Bertz CT molecular complexity index is 340. The Morgan fingerprint density at radius 3 is 2.42 bits per heavy atom. The highest BCUT2D eigenvalue weighted by Crippen LogP contribution is 2.02. The minimum Gasteiger partial charge on any atom is -0.480 e. The second kappa shape index (κ2) is 9.13. The van der Waals surface area contributed by atoms with Gasteiger partial charge in [0.1, 0.15) is 6.04 Å². The number of rotatable bonds is 9. The van der Waals surface area contributed by atoms with Gasteiger partial charge < -0.3 is 15.3 Å². The lowest BCUT2D eigenvalue weighted by atomic mass is 10.1. The van der Waals surface area contributed by atoms with Crippen molar-refractivity contribution in [2.75, 3.05) is 14.1 Å². The second-order valence-corrected chi connectivity index (χ2v) is 4.47. The summed E-state index contributed by atoms with van der Waals surface area (Å²) in [5.74, 6) is -1.45. The first-order valence-corrected chi connectivity index (χ1v) is 6.21. The summed E-state index contributed by atoms with van der Waals surface area (Å²) in [4.78, 5) is 35.2. The van der Waals surface area contributed by atoms with Gasteiger partial charge in [-0.15, -0.1) is 6.58 Å². The number of allylic oxidation sites excluding steroid dienone is 1. The molecular weight excluding hydrogens is 248 g/mol. The molecule has 0 rings (SSSR count). The van der Waals surface area contributed by atoms with Gasteiger partial charge >= 0.3 is 5.97 Å². The SMILES string of the molecule is C=CCCC(NC(=O)CCCC(=O)N(C)C)C(=O)O. The molecule has 0 aromatic rings. The van der Waals surface area contributed by atoms with Crippen molar-refractivity contribution in [3.8, 4) is 0 Å². The van der Waals surface area contributed by atoms with E-state index < -0.39 is 12.0 Å². The van der Waals surface area contributed by atoms with E-state index in [0.29, 0.717) is 19.3 Å². The molecule has 2 amide bonds. The van der Waals surface area contributed by atoms with Crippen molar-refractivity contribution in [1.82, 2.24) is 10.2 Å². The fourth-order valence-electron chi connectivity index (χ4n) is 1.43. The maximum Gasteiger partial charge on any atom is 0.326 e. The van der Waals surface area contributed by atoms with E-state index in [1.807, 2.05) is 0 Å². The number of hydrogen-bond acceptors (Lipinski definition) is 3. The molecule has 0 spiro atoms. The highest BCUT2D eigenvalue weighted by atomic mass is 16.4. The predicted molar refractivity (Wildman–Crippen MR) is 71.5 cm³/mol. The molecule has 0 saturated carbocycles. The number of aliphatic carboxylic acids is 1. The van der Waals surface area contributed by atoms with Crippen LogP contribution in [0.3, 0.4) is 0 Å². The van der Waals surface area contributed by atoms with Crippen LogP contribution in [0.25, 0.3) is 0 Å². The molecule has 0 radical (unpaired) electrons. The first-order valence-electron chi connectivity index (χ1n) is 6.21. The van der Waals surface area contributed by atoms with Gasteiger partial charge in [0.05, 0.1) is 0 Å². The van der Waals surface area contributed by atoms with Crippen molar-refractivity contribution in [3.05, 3.63) is 12.7 Å². The molecule has 0 aliphatic heterocycles. The largest absolute Gasteiger partial charge is 0.480 e. The van der Waals surface area contributed by atoms with Crippen LogP contribution in [0.4, 0.5) is 0 Å².